The largest absolute Gasteiger partial charge is 0.444 e. The molecule has 4 aliphatic heterocycles. The summed E-state index contributed by atoms with van der Waals surface area (Å²) in [5.74, 6) is -0.610. The lowest BCUT2D eigenvalue weighted by atomic mass is 9.90. The molecule has 0 aliphatic carbocycles. The quantitative estimate of drug-likeness (QED) is 0.725. The zero-order valence-corrected chi connectivity index (χ0v) is 19.0. The Hall–Kier alpha value is -2.61. The summed E-state index contributed by atoms with van der Waals surface area (Å²) in [6.07, 6.45) is 1.83. The van der Waals surface area contributed by atoms with Crippen molar-refractivity contribution in [3.05, 3.63) is 29.8 Å². The molecule has 0 saturated carbocycles. The van der Waals surface area contributed by atoms with Crippen LogP contribution >= 0.6 is 0 Å². The topological polar surface area (TPSA) is 82.2 Å². The first-order valence-corrected chi connectivity index (χ1v) is 11.6. The van der Waals surface area contributed by atoms with E-state index in [2.05, 4.69) is 27.2 Å². The Morgan fingerprint density at radius 2 is 1.72 bits per heavy atom. The molecule has 0 radical (unpaired) electrons. The minimum Gasteiger partial charge on any atom is -0.444 e. The van der Waals surface area contributed by atoms with Crippen LogP contribution in [0.1, 0.15) is 51.5 Å². The number of nitrogens with one attached hydrogen (secondary N) is 1. The van der Waals surface area contributed by atoms with Gasteiger partial charge in [0.2, 0.25) is 11.8 Å². The number of benzene rings is 1. The van der Waals surface area contributed by atoms with Crippen LogP contribution in [0.15, 0.2) is 24.3 Å². The lowest BCUT2D eigenvalue weighted by Crippen LogP contribution is -2.63. The molecule has 172 valence electrons. The van der Waals surface area contributed by atoms with Gasteiger partial charge >= 0.3 is 6.09 Å². The predicted molar refractivity (Wildman–Crippen MR) is 119 cm³/mol. The van der Waals surface area contributed by atoms with Crippen molar-refractivity contribution in [2.45, 2.75) is 69.7 Å². The Balaban J connectivity index is 1.13. The molecule has 3 amide bonds. The zero-order valence-electron chi connectivity index (χ0n) is 19.0. The van der Waals surface area contributed by atoms with E-state index in [1.54, 1.807) is 0 Å². The van der Waals surface area contributed by atoms with Crippen LogP contribution in [-0.2, 0) is 14.3 Å². The van der Waals surface area contributed by atoms with Gasteiger partial charge in [-0.15, -0.1) is 0 Å². The molecule has 4 fully saturated rings. The summed E-state index contributed by atoms with van der Waals surface area (Å²) in [6, 6.07) is 9.39. The first-order chi connectivity index (χ1) is 15.2. The Kier molecular flexibility index (Phi) is 5.15. The fourth-order valence-corrected chi connectivity index (χ4v) is 5.49. The summed E-state index contributed by atoms with van der Waals surface area (Å²) < 4.78 is 5.57. The smallest absolute Gasteiger partial charge is 0.410 e. The van der Waals surface area contributed by atoms with Gasteiger partial charge in [0.15, 0.2) is 0 Å². The highest BCUT2D eigenvalue weighted by molar-refractivity contribution is 6.00. The molecular weight excluding hydrogens is 408 g/mol. The maximum atomic E-state index is 12.5. The number of piperidine rings is 1. The Morgan fingerprint density at radius 3 is 2.31 bits per heavy atom. The highest BCUT2D eigenvalue weighted by Crippen LogP contribution is 2.36. The third-order valence-electron chi connectivity index (χ3n) is 7.14. The molecule has 0 aromatic heterocycles. The van der Waals surface area contributed by atoms with E-state index in [4.69, 9.17) is 4.74 Å². The second-order valence-electron chi connectivity index (χ2n) is 10.5. The van der Waals surface area contributed by atoms with Crippen LogP contribution in [0.3, 0.4) is 0 Å². The zero-order chi connectivity index (χ0) is 22.6. The molecule has 2 bridgehead atoms. The molecule has 1 N–H and O–H groups in total. The third kappa shape index (κ3) is 3.96. The van der Waals surface area contributed by atoms with Crippen molar-refractivity contribution in [1.29, 1.82) is 0 Å². The number of hydrogen-bond donors (Lipinski definition) is 1. The Morgan fingerprint density at radius 1 is 1.00 bits per heavy atom. The number of piperazine rings is 1. The molecular formula is C24H32N4O4. The van der Waals surface area contributed by atoms with Gasteiger partial charge in [-0.05, 0) is 51.3 Å². The fourth-order valence-electron chi connectivity index (χ4n) is 5.49. The molecule has 8 nitrogen and oxygen atoms in total. The molecule has 1 aromatic rings. The number of anilines is 1. The number of rotatable bonds is 3. The average molecular weight is 441 g/mol. The molecule has 0 spiro atoms. The summed E-state index contributed by atoms with van der Waals surface area (Å²) in [5.41, 5.74) is 1.67. The van der Waals surface area contributed by atoms with Crippen LogP contribution in [0, 0.1) is 0 Å². The molecule has 4 heterocycles. The number of ether oxygens (including phenoxy) is 1. The summed E-state index contributed by atoms with van der Waals surface area (Å²) in [4.78, 5) is 42.8. The van der Waals surface area contributed by atoms with Crippen LogP contribution in [-0.4, -0.2) is 77.6 Å². The van der Waals surface area contributed by atoms with E-state index >= 15 is 0 Å². The van der Waals surface area contributed by atoms with Crippen LogP contribution < -0.4 is 10.2 Å². The number of carbonyl (C=O) groups is 3. The molecule has 32 heavy (non-hydrogen) atoms. The highest BCUT2D eigenvalue weighted by atomic mass is 16.6. The van der Waals surface area contributed by atoms with Crippen molar-refractivity contribution in [2.75, 3.05) is 31.1 Å². The summed E-state index contributed by atoms with van der Waals surface area (Å²) in [7, 11) is 0. The molecule has 3 atom stereocenters. The van der Waals surface area contributed by atoms with E-state index in [0.717, 1.165) is 43.9 Å². The second kappa shape index (κ2) is 7.76. The van der Waals surface area contributed by atoms with Crippen LogP contribution in [0.25, 0.3) is 0 Å². The normalized spacial score (nSPS) is 28.7. The lowest BCUT2D eigenvalue weighted by Gasteiger charge is -2.49. The summed E-state index contributed by atoms with van der Waals surface area (Å²) in [6.45, 7) is 9.37. The Labute approximate surface area is 188 Å². The first kappa shape index (κ1) is 21.2. The van der Waals surface area contributed by atoms with Gasteiger partial charge in [-0.2, -0.15) is 0 Å². The van der Waals surface area contributed by atoms with E-state index in [0.29, 0.717) is 24.9 Å². The minimum atomic E-state index is -0.458. The molecule has 4 aliphatic rings. The van der Waals surface area contributed by atoms with Gasteiger partial charge in [-0.1, -0.05) is 12.1 Å². The van der Waals surface area contributed by atoms with Gasteiger partial charge in [0.05, 0.1) is 5.92 Å². The van der Waals surface area contributed by atoms with E-state index in [9.17, 15) is 14.4 Å². The third-order valence-corrected chi connectivity index (χ3v) is 7.14. The lowest BCUT2D eigenvalue weighted by molar-refractivity contribution is -0.134. The molecule has 5 rings (SSSR count). The van der Waals surface area contributed by atoms with Crippen molar-refractivity contribution in [3.63, 3.8) is 0 Å². The van der Waals surface area contributed by atoms with Gasteiger partial charge in [-0.3, -0.25) is 19.8 Å². The standard InChI is InChI=1S/C24H32N4O4/c1-24(2,3)32-23(31)28-14-17-10-18(28)13-27(17)19-11-26(12-19)16-6-4-15(5-7-16)20-8-9-21(29)25-22(20)30/h4-7,17-20H,8-14H2,1-3H3,(H,25,29,30)/t17-,18-,20?/m1/s1. The maximum absolute atomic E-state index is 12.5. The van der Waals surface area contributed by atoms with Crippen LogP contribution in [0.5, 0.6) is 0 Å². The van der Waals surface area contributed by atoms with Crippen molar-refractivity contribution < 1.29 is 19.1 Å². The second-order valence-corrected chi connectivity index (χ2v) is 10.5. The summed E-state index contributed by atoms with van der Waals surface area (Å²) in [5, 5.41) is 2.43. The first-order valence-electron chi connectivity index (χ1n) is 11.6. The van der Waals surface area contributed by atoms with Crippen molar-refractivity contribution in [2.24, 2.45) is 0 Å². The summed E-state index contributed by atoms with van der Waals surface area (Å²) >= 11 is 0. The van der Waals surface area contributed by atoms with Crippen LogP contribution in [0.2, 0.25) is 0 Å². The van der Waals surface area contributed by atoms with Gasteiger partial charge in [0, 0.05) is 56.4 Å². The number of amides is 3. The number of carbonyl (C=O) groups excluding carboxylic acids is 3. The fraction of sp³-hybridized carbons (Fsp3) is 0.625. The molecule has 4 saturated heterocycles. The van der Waals surface area contributed by atoms with E-state index < -0.39 is 5.60 Å². The Bertz CT molecular complexity index is 919. The maximum Gasteiger partial charge on any atom is 0.410 e. The van der Waals surface area contributed by atoms with Crippen LogP contribution in [0.4, 0.5) is 10.5 Å². The van der Waals surface area contributed by atoms with Gasteiger partial charge in [0.25, 0.3) is 0 Å². The van der Waals surface area contributed by atoms with Gasteiger partial charge in [0.1, 0.15) is 5.60 Å². The monoisotopic (exact) mass is 440 g/mol. The average Bonchev–Trinajstić information content (AvgIpc) is 3.27. The van der Waals surface area contributed by atoms with E-state index in [-0.39, 0.29) is 29.9 Å². The number of nitrogens with zero attached hydrogens (tertiary/aromatic N) is 3. The van der Waals surface area contributed by atoms with Gasteiger partial charge < -0.3 is 14.5 Å². The SMILES string of the molecule is CC(C)(C)OC(=O)N1C[C@H]2C[C@@H]1CN2C1CN(c2ccc(C3CCC(=O)NC3=O)cc2)C1. The highest BCUT2D eigenvalue weighted by Gasteiger charge is 2.50. The number of hydrogen-bond acceptors (Lipinski definition) is 6. The number of imide groups is 1. The van der Waals surface area contributed by atoms with E-state index in [1.807, 2.05) is 37.8 Å². The predicted octanol–water partition coefficient (Wildman–Crippen LogP) is 2.09. The number of fused-ring (bicyclic) bond motifs is 2. The van der Waals surface area contributed by atoms with Gasteiger partial charge in [-0.25, -0.2) is 4.79 Å². The van der Waals surface area contributed by atoms with Crippen molar-refractivity contribution >= 4 is 23.6 Å². The molecule has 1 unspecified atom stereocenters. The van der Waals surface area contributed by atoms with Crippen molar-refractivity contribution in [3.8, 4) is 0 Å². The van der Waals surface area contributed by atoms with Crippen molar-refractivity contribution in [1.82, 2.24) is 15.1 Å². The minimum absolute atomic E-state index is 0.181. The van der Waals surface area contributed by atoms with E-state index in [1.165, 1.54) is 0 Å². The molecule has 1 aromatic carbocycles. The molecule has 8 heteroatoms. The number of likely N-dealkylation sites (tertiary alicyclic amines) is 2.